The predicted octanol–water partition coefficient (Wildman–Crippen LogP) is 1.97. The molecule has 0 aromatic carbocycles. The van der Waals surface area contributed by atoms with Gasteiger partial charge in [-0.25, -0.2) is 4.98 Å². The largest absolute Gasteiger partial charge is 0.618 e. The minimum absolute atomic E-state index is 0.111. The van der Waals surface area contributed by atoms with Crippen LogP contribution < -0.4 is 15.2 Å². The van der Waals surface area contributed by atoms with Crippen LogP contribution in [0.3, 0.4) is 0 Å². The zero-order valence-corrected chi connectivity index (χ0v) is 13.8. The number of fused-ring (bicyclic) bond motifs is 1. The lowest BCUT2D eigenvalue weighted by molar-refractivity contribution is -0.613. The van der Waals surface area contributed by atoms with E-state index in [1.165, 1.54) is 0 Å². The Morgan fingerprint density at radius 3 is 2.83 bits per heavy atom. The van der Waals surface area contributed by atoms with E-state index in [-0.39, 0.29) is 5.95 Å². The van der Waals surface area contributed by atoms with Crippen LogP contribution in [0.25, 0.3) is 11.0 Å². The molecule has 0 fully saturated rings. The van der Waals surface area contributed by atoms with Crippen LogP contribution in [0.2, 0.25) is 5.15 Å². The Labute approximate surface area is 137 Å². The first kappa shape index (κ1) is 15.4. The highest BCUT2D eigenvalue weighted by atomic mass is 35.5. The smallest absolute Gasteiger partial charge is 0.232 e. The van der Waals surface area contributed by atoms with Gasteiger partial charge in [-0.15, -0.1) is 0 Å². The fraction of sp³-hybridized carbons (Fsp3) is 0.267. The first-order chi connectivity index (χ1) is 10.9. The minimum Gasteiger partial charge on any atom is -0.618 e. The van der Waals surface area contributed by atoms with Gasteiger partial charge in [0.15, 0.2) is 11.9 Å². The third kappa shape index (κ3) is 2.53. The molecular formula is C15H16ClN5O2. The lowest BCUT2D eigenvalue weighted by Crippen LogP contribution is -2.31. The summed E-state index contributed by atoms with van der Waals surface area (Å²) in [5, 5.41) is 13.1. The molecule has 120 valence electrons. The van der Waals surface area contributed by atoms with Crippen molar-refractivity contribution in [1.82, 2.24) is 14.5 Å². The van der Waals surface area contributed by atoms with Crippen molar-refractivity contribution >= 4 is 28.6 Å². The Morgan fingerprint density at radius 2 is 2.13 bits per heavy atom. The standard InChI is InChI=1S/C15H16ClN5O2/c1-8-10(7-21(22)9(2)12(8)23-3)6-20-5-4-11-13(16)18-15(17)19-14(11)20/h4-5,7H,6H2,1-3H3,(H2,17,18,19). The number of halogens is 1. The molecule has 0 atom stereocenters. The van der Waals surface area contributed by atoms with E-state index in [9.17, 15) is 5.21 Å². The van der Waals surface area contributed by atoms with Gasteiger partial charge < -0.3 is 20.2 Å². The summed E-state index contributed by atoms with van der Waals surface area (Å²) >= 11 is 6.09. The maximum atomic E-state index is 12.0. The number of aromatic nitrogens is 4. The number of nitrogen functional groups attached to an aromatic ring is 1. The van der Waals surface area contributed by atoms with E-state index in [0.717, 1.165) is 15.9 Å². The number of nitrogens with zero attached hydrogens (tertiary/aromatic N) is 4. The summed E-state index contributed by atoms with van der Waals surface area (Å²) in [6.07, 6.45) is 3.39. The van der Waals surface area contributed by atoms with Crippen LogP contribution in [0.5, 0.6) is 5.75 Å². The first-order valence-corrected chi connectivity index (χ1v) is 7.34. The van der Waals surface area contributed by atoms with Crippen LogP contribution in [-0.2, 0) is 6.54 Å². The Morgan fingerprint density at radius 1 is 1.39 bits per heavy atom. The van der Waals surface area contributed by atoms with Gasteiger partial charge in [0.05, 0.1) is 19.0 Å². The van der Waals surface area contributed by atoms with Gasteiger partial charge in [0.2, 0.25) is 11.6 Å². The first-order valence-electron chi connectivity index (χ1n) is 6.96. The molecular weight excluding hydrogens is 318 g/mol. The lowest BCUT2D eigenvalue weighted by atomic mass is 10.1. The minimum atomic E-state index is 0.111. The number of rotatable bonds is 3. The van der Waals surface area contributed by atoms with Crippen molar-refractivity contribution < 1.29 is 9.47 Å². The maximum Gasteiger partial charge on any atom is 0.232 e. The lowest BCUT2D eigenvalue weighted by Gasteiger charge is -2.14. The molecule has 3 heterocycles. The molecule has 0 bridgehead atoms. The molecule has 0 saturated carbocycles. The van der Waals surface area contributed by atoms with Gasteiger partial charge in [-0.3, -0.25) is 0 Å². The number of hydrogen-bond donors (Lipinski definition) is 1. The van der Waals surface area contributed by atoms with Crippen LogP contribution in [-0.4, -0.2) is 21.6 Å². The second-order valence-electron chi connectivity index (χ2n) is 5.28. The van der Waals surface area contributed by atoms with E-state index in [1.807, 2.05) is 23.8 Å². The van der Waals surface area contributed by atoms with E-state index in [0.29, 0.717) is 34.2 Å². The van der Waals surface area contributed by atoms with E-state index >= 15 is 0 Å². The summed E-state index contributed by atoms with van der Waals surface area (Å²) in [4.78, 5) is 8.17. The summed E-state index contributed by atoms with van der Waals surface area (Å²) in [5.74, 6) is 0.695. The van der Waals surface area contributed by atoms with Crippen LogP contribution in [0.15, 0.2) is 18.5 Å². The van der Waals surface area contributed by atoms with Gasteiger partial charge in [-0.1, -0.05) is 11.6 Å². The summed E-state index contributed by atoms with van der Waals surface area (Å²) < 4.78 is 8.03. The zero-order chi connectivity index (χ0) is 16.7. The quantitative estimate of drug-likeness (QED) is 0.449. The second-order valence-corrected chi connectivity index (χ2v) is 5.64. The van der Waals surface area contributed by atoms with Crippen molar-refractivity contribution in [1.29, 1.82) is 0 Å². The Kier molecular flexibility index (Phi) is 3.73. The molecule has 2 N–H and O–H groups in total. The molecule has 0 saturated heterocycles. The molecule has 0 aliphatic heterocycles. The van der Waals surface area contributed by atoms with Crippen molar-refractivity contribution in [2.75, 3.05) is 12.8 Å². The summed E-state index contributed by atoms with van der Waals surface area (Å²) in [6, 6.07) is 1.82. The number of nitrogens with two attached hydrogens (primary N) is 1. The summed E-state index contributed by atoms with van der Waals surface area (Å²) in [7, 11) is 1.55. The van der Waals surface area contributed by atoms with Crippen molar-refractivity contribution in [3.05, 3.63) is 45.6 Å². The van der Waals surface area contributed by atoms with Gasteiger partial charge in [0, 0.05) is 24.2 Å². The molecule has 0 amide bonds. The van der Waals surface area contributed by atoms with E-state index in [4.69, 9.17) is 22.1 Å². The topological polar surface area (TPSA) is 92.9 Å². The fourth-order valence-electron chi connectivity index (χ4n) is 2.67. The molecule has 23 heavy (non-hydrogen) atoms. The number of anilines is 1. The molecule has 8 heteroatoms. The number of methoxy groups -OCH3 is 1. The molecule has 0 spiro atoms. The van der Waals surface area contributed by atoms with Crippen molar-refractivity contribution in [3.63, 3.8) is 0 Å². The highest BCUT2D eigenvalue weighted by Gasteiger charge is 2.18. The van der Waals surface area contributed by atoms with Crippen molar-refractivity contribution in [2.45, 2.75) is 20.4 Å². The summed E-state index contributed by atoms with van der Waals surface area (Å²) in [5.41, 5.74) is 8.56. The Hall–Kier alpha value is -2.54. The maximum absolute atomic E-state index is 12.0. The van der Waals surface area contributed by atoms with Gasteiger partial charge >= 0.3 is 0 Å². The Bertz CT molecular complexity index is 907. The number of pyridine rings is 1. The van der Waals surface area contributed by atoms with Crippen LogP contribution in [0.1, 0.15) is 16.8 Å². The normalized spacial score (nSPS) is 11.1. The third-order valence-electron chi connectivity index (χ3n) is 3.89. The van der Waals surface area contributed by atoms with E-state index < -0.39 is 0 Å². The monoisotopic (exact) mass is 333 g/mol. The van der Waals surface area contributed by atoms with Crippen molar-refractivity contribution in [2.24, 2.45) is 0 Å². The highest BCUT2D eigenvalue weighted by Crippen LogP contribution is 2.26. The van der Waals surface area contributed by atoms with Crippen molar-refractivity contribution in [3.8, 4) is 5.75 Å². The highest BCUT2D eigenvalue weighted by molar-refractivity contribution is 6.34. The van der Waals surface area contributed by atoms with Gasteiger partial charge in [-0.05, 0) is 13.0 Å². The number of ether oxygens (including phenoxy) is 1. The van der Waals surface area contributed by atoms with Gasteiger partial charge in [-0.2, -0.15) is 9.71 Å². The average molecular weight is 334 g/mol. The van der Waals surface area contributed by atoms with Crippen LogP contribution >= 0.6 is 11.6 Å². The molecule has 0 unspecified atom stereocenters. The second kappa shape index (κ2) is 5.58. The van der Waals surface area contributed by atoms with E-state index in [1.54, 1.807) is 20.2 Å². The molecule has 3 aromatic rings. The SMILES string of the molecule is COc1c(C)c(Cn2ccc3c(Cl)nc(N)nc32)c[n+]([O-])c1C. The van der Waals surface area contributed by atoms with E-state index in [2.05, 4.69) is 9.97 Å². The fourth-order valence-corrected chi connectivity index (χ4v) is 2.90. The molecule has 7 nitrogen and oxygen atoms in total. The molecule has 0 radical (unpaired) electrons. The molecule has 0 aliphatic carbocycles. The molecule has 3 rings (SSSR count). The van der Waals surface area contributed by atoms with Crippen LogP contribution in [0, 0.1) is 19.1 Å². The molecule has 0 aliphatic rings. The van der Waals surface area contributed by atoms with Gasteiger partial charge in [0.1, 0.15) is 10.8 Å². The predicted molar refractivity (Wildman–Crippen MR) is 87.5 cm³/mol. The summed E-state index contributed by atoms with van der Waals surface area (Å²) in [6.45, 7) is 4.09. The zero-order valence-electron chi connectivity index (χ0n) is 13.0. The van der Waals surface area contributed by atoms with Crippen LogP contribution in [0.4, 0.5) is 5.95 Å². The van der Waals surface area contributed by atoms with Gasteiger partial charge in [0.25, 0.3) is 0 Å². The Balaban J connectivity index is 2.12. The third-order valence-corrected chi connectivity index (χ3v) is 4.18. The average Bonchev–Trinajstić information content (AvgIpc) is 2.89. The number of hydrogen-bond acceptors (Lipinski definition) is 5. The molecule has 3 aromatic heterocycles.